The molecule has 0 fully saturated rings. The summed E-state index contributed by atoms with van der Waals surface area (Å²) in [5.41, 5.74) is 14.3. The Morgan fingerprint density at radius 2 is 1.11 bits per heavy atom. The fourth-order valence-electron chi connectivity index (χ4n) is 8.80. The molecule has 7 aromatic carbocycles. The van der Waals surface area contributed by atoms with E-state index in [-0.39, 0.29) is 5.92 Å². The summed E-state index contributed by atoms with van der Waals surface area (Å²) in [7, 11) is 0. The van der Waals surface area contributed by atoms with Crippen LogP contribution in [0.1, 0.15) is 27.8 Å². The second-order valence-electron chi connectivity index (χ2n) is 14.1. The summed E-state index contributed by atoms with van der Waals surface area (Å²) < 4.78 is 6.84. The number of benzene rings is 7. The first-order valence-corrected chi connectivity index (χ1v) is 18.4. The van der Waals surface area contributed by atoms with Crippen LogP contribution in [0.2, 0.25) is 0 Å². The van der Waals surface area contributed by atoms with Crippen molar-refractivity contribution in [2.24, 2.45) is 5.92 Å². The van der Waals surface area contributed by atoms with Crippen LogP contribution < -0.4 is 4.90 Å². The minimum Gasteiger partial charge on any atom is -0.454 e. The van der Waals surface area contributed by atoms with Gasteiger partial charge in [-0.3, -0.25) is 0 Å². The lowest BCUT2D eigenvalue weighted by Gasteiger charge is -2.44. The van der Waals surface area contributed by atoms with Crippen molar-refractivity contribution < 1.29 is 4.42 Å². The van der Waals surface area contributed by atoms with Gasteiger partial charge >= 0.3 is 0 Å². The first-order valence-electron chi connectivity index (χ1n) is 18.4. The quantitative estimate of drug-likeness (QED) is 0.174. The third-order valence-electron chi connectivity index (χ3n) is 11.2. The van der Waals surface area contributed by atoms with Gasteiger partial charge in [-0.25, -0.2) is 0 Å². The second kappa shape index (κ2) is 12.5. The molecule has 0 amide bonds. The van der Waals surface area contributed by atoms with Crippen LogP contribution >= 0.6 is 0 Å². The van der Waals surface area contributed by atoms with Gasteiger partial charge in [0, 0.05) is 28.1 Å². The van der Waals surface area contributed by atoms with E-state index in [1.54, 1.807) is 0 Å². The van der Waals surface area contributed by atoms with Gasteiger partial charge in [0.25, 0.3) is 0 Å². The van der Waals surface area contributed by atoms with Crippen molar-refractivity contribution in [1.82, 2.24) is 0 Å². The van der Waals surface area contributed by atoms with Gasteiger partial charge in [0.1, 0.15) is 5.58 Å². The lowest BCUT2D eigenvalue weighted by molar-refractivity contribution is 0.516. The molecular weight excluding hydrogens is 643 g/mol. The lowest BCUT2D eigenvalue weighted by atomic mass is 9.58. The van der Waals surface area contributed by atoms with Gasteiger partial charge in [-0.05, 0) is 75.7 Å². The molecule has 0 saturated heterocycles. The minimum absolute atomic E-state index is 0.00888. The van der Waals surface area contributed by atoms with E-state index in [1.165, 1.54) is 39.0 Å². The maximum atomic E-state index is 6.84. The standard InChI is InChI=1S/C51H37NO/c1-35-15-13-23-45-46-24-14-26-48(50(46)53-49(35)45)52(42-30-27-37(28-31-42)36-16-5-2-6-17-36)43-32-29-38-33-41(34-43)51(39-18-7-3-8-19-39,40-20-9-4-10-21-40)47-25-12-11-22-44(38)47/h2-34,41H,1H3. The molecule has 2 heteroatoms. The van der Waals surface area contributed by atoms with Crippen molar-refractivity contribution in [2.75, 3.05) is 4.90 Å². The topological polar surface area (TPSA) is 16.4 Å². The van der Waals surface area contributed by atoms with Gasteiger partial charge < -0.3 is 9.32 Å². The summed E-state index contributed by atoms with van der Waals surface area (Å²) in [5.74, 6) is -0.00888. The molecule has 0 aliphatic heterocycles. The van der Waals surface area contributed by atoms with Crippen molar-refractivity contribution in [1.29, 1.82) is 0 Å². The SMILES string of the molecule is Cc1cccc2c1oc1c(N(C3=CC4C=C(C=C3)c3ccccc3C4(c3ccccc3)c3ccccc3)c3ccc(-c4ccccc4)cc3)cccc12. The first kappa shape index (κ1) is 31.1. The third kappa shape index (κ3) is 4.94. The Labute approximate surface area is 310 Å². The fourth-order valence-corrected chi connectivity index (χ4v) is 8.80. The van der Waals surface area contributed by atoms with E-state index in [0.29, 0.717) is 0 Å². The largest absolute Gasteiger partial charge is 0.454 e. The summed E-state index contributed by atoms with van der Waals surface area (Å²) in [5, 5.41) is 2.24. The van der Waals surface area contributed by atoms with Crippen molar-refractivity contribution in [3.63, 3.8) is 0 Å². The molecule has 1 atom stereocenters. The molecule has 1 unspecified atom stereocenters. The number of anilines is 2. The van der Waals surface area contributed by atoms with Crippen LogP contribution in [-0.2, 0) is 5.41 Å². The van der Waals surface area contributed by atoms with Gasteiger partial charge in [-0.15, -0.1) is 0 Å². The zero-order valence-corrected chi connectivity index (χ0v) is 29.5. The number of hydrogen-bond donors (Lipinski definition) is 0. The van der Waals surface area contributed by atoms with Crippen LogP contribution in [0.25, 0.3) is 38.6 Å². The van der Waals surface area contributed by atoms with Gasteiger partial charge in [0.2, 0.25) is 0 Å². The van der Waals surface area contributed by atoms with Crippen LogP contribution in [0.4, 0.5) is 11.4 Å². The van der Waals surface area contributed by atoms with Crippen molar-refractivity contribution in [3.8, 4) is 11.1 Å². The smallest absolute Gasteiger partial charge is 0.159 e. The zero-order chi connectivity index (χ0) is 35.4. The van der Waals surface area contributed by atoms with Crippen molar-refractivity contribution in [2.45, 2.75) is 12.3 Å². The molecule has 10 rings (SSSR count). The molecule has 2 aliphatic rings. The van der Waals surface area contributed by atoms with E-state index in [0.717, 1.165) is 44.6 Å². The Bertz CT molecular complexity index is 2680. The zero-order valence-electron chi connectivity index (χ0n) is 29.5. The third-order valence-corrected chi connectivity index (χ3v) is 11.2. The predicted octanol–water partition coefficient (Wildman–Crippen LogP) is 13.2. The Hall–Kier alpha value is -6.64. The molecule has 8 aromatic rings. The summed E-state index contributed by atoms with van der Waals surface area (Å²) in [4.78, 5) is 2.39. The molecule has 252 valence electrons. The fraction of sp³-hybridized carbons (Fsp3) is 0.0588. The van der Waals surface area contributed by atoms with Crippen LogP contribution in [0.5, 0.6) is 0 Å². The van der Waals surface area contributed by atoms with Crippen LogP contribution in [0.15, 0.2) is 210 Å². The Morgan fingerprint density at radius 1 is 0.509 bits per heavy atom. The predicted molar refractivity (Wildman–Crippen MR) is 220 cm³/mol. The summed E-state index contributed by atoms with van der Waals surface area (Å²) in [6.07, 6.45) is 9.57. The highest BCUT2D eigenvalue weighted by Crippen LogP contribution is 2.54. The average Bonchev–Trinajstić information content (AvgIpc) is 3.51. The normalized spacial score (nSPS) is 15.8. The molecule has 2 bridgehead atoms. The molecule has 2 nitrogen and oxygen atoms in total. The van der Waals surface area contributed by atoms with E-state index in [9.17, 15) is 0 Å². The number of allylic oxidation sites excluding steroid dienone is 5. The lowest BCUT2D eigenvalue weighted by Crippen LogP contribution is -2.39. The van der Waals surface area contributed by atoms with Gasteiger partial charge in [-0.2, -0.15) is 0 Å². The average molecular weight is 680 g/mol. The van der Waals surface area contributed by atoms with Crippen LogP contribution in [0.3, 0.4) is 0 Å². The number of nitrogens with zero attached hydrogens (tertiary/aromatic N) is 1. The number of rotatable bonds is 6. The van der Waals surface area contributed by atoms with Crippen LogP contribution in [-0.4, -0.2) is 0 Å². The molecule has 0 radical (unpaired) electrons. The highest BCUT2D eigenvalue weighted by atomic mass is 16.3. The maximum absolute atomic E-state index is 6.84. The Balaban J connectivity index is 1.24. The van der Waals surface area contributed by atoms with Crippen molar-refractivity contribution in [3.05, 3.63) is 234 Å². The monoisotopic (exact) mass is 679 g/mol. The molecular formula is C51H37NO. The number of para-hydroxylation sites is 2. The minimum atomic E-state index is -0.467. The van der Waals surface area contributed by atoms with Crippen molar-refractivity contribution >= 4 is 38.9 Å². The molecule has 1 aromatic heterocycles. The van der Waals surface area contributed by atoms with Gasteiger partial charge in [0.05, 0.1) is 11.1 Å². The molecule has 2 aliphatic carbocycles. The molecule has 53 heavy (non-hydrogen) atoms. The molecule has 0 saturated carbocycles. The maximum Gasteiger partial charge on any atom is 0.159 e. The summed E-state index contributed by atoms with van der Waals surface area (Å²) in [6.45, 7) is 2.12. The number of furan rings is 1. The van der Waals surface area contributed by atoms with E-state index < -0.39 is 5.41 Å². The van der Waals surface area contributed by atoms with Gasteiger partial charge in [-0.1, -0.05) is 176 Å². The molecule has 0 N–H and O–H groups in total. The first-order chi connectivity index (χ1) is 26.2. The summed E-state index contributed by atoms with van der Waals surface area (Å²) in [6, 6.07) is 63.6. The van der Waals surface area contributed by atoms with E-state index in [4.69, 9.17) is 4.42 Å². The molecule has 0 spiro atoms. The van der Waals surface area contributed by atoms with Gasteiger partial charge in [0.15, 0.2) is 5.58 Å². The number of aryl methyl sites for hydroxylation is 1. The summed E-state index contributed by atoms with van der Waals surface area (Å²) >= 11 is 0. The number of hydrogen-bond acceptors (Lipinski definition) is 2. The Kier molecular flexibility index (Phi) is 7.37. The van der Waals surface area contributed by atoms with Crippen LogP contribution in [0, 0.1) is 12.8 Å². The Morgan fingerprint density at radius 3 is 1.83 bits per heavy atom. The van der Waals surface area contributed by atoms with E-state index in [1.807, 2.05) is 0 Å². The van der Waals surface area contributed by atoms with E-state index >= 15 is 0 Å². The number of fused-ring (bicyclic) bond motifs is 6. The highest BCUT2D eigenvalue weighted by molar-refractivity contribution is 6.10. The highest BCUT2D eigenvalue weighted by Gasteiger charge is 2.46. The second-order valence-corrected chi connectivity index (χ2v) is 14.1. The molecule has 1 heterocycles. The van der Waals surface area contributed by atoms with E-state index in [2.05, 4.69) is 212 Å².